The van der Waals surface area contributed by atoms with Gasteiger partial charge < -0.3 is 4.42 Å². The molecular formula is C56H33N3OS. The van der Waals surface area contributed by atoms with Crippen LogP contribution in [-0.4, -0.2) is 14.5 Å². The van der Waals surface area contributed by atoms with Crippen LogP contribution in [0, 0.1) is 0 Å². The maximum absolute atomic E-state index is 6.55. The summed E-state index contributed by atoms with van der Waals surface area (Å²) in [6.07, 6.45) is 0. The highest BCUT2D eigenvalue weighted by atomic mass is 32.1. The third kappa shape index (κ3) is 5.24. The number of hydrogen-bond donors (Lipinski definition) is 0. The average molecular weight is 796 g/mol. The zero-order valence-corrected chi connectivity index (χ0v) is 33.5. The van der Waals surface area contributed by atoms with Crippen LogP contribution >= 0.6 is 11.3 Å². The Bertz CT molecular complexity index is 3890. The van der Waals surface area contributed by atoms with Crippen LogP contribution in [0.3, 0.4) is 0 Å². The standard InChI is InChI=1S/C56H33N3OS/c1-2-14-34(15-3-1)52-46-20-4-7-27-48(46)57-56(58-52)59-49-31-30-37(39-22-12-25-44-41-18-5-8-28-50(41)60-54(39)44)33-47(49)43-24-11-21-38(53(43)59)35-16-10-17-36(32-35)40-23-13-26-45-42-19-6-9-29-51(42)61-55(40)45/h1-33H. The average Bonchev–Trinajstić information content (AvgIpc) is 4.01. The fraction of sp³-hybridized carbons (Fsp3) is 0. The van der Waals surface area contributed by atoms with Crippen LogP contribution in [0.4, 0.5) is 0 Å². The van der Waals surface area contributed by atoms with Gasteiger partial charge in [-0.25, -0.2) is 9.97 Å². The third-order valence-corrected chi connectivity index (χ3v) is 13.4. The highest BCUT2D eigenvalue weighted by Crippen LogP contribution is 2.44. The van der Waals surface area contributed by atoms with Crippen LogP contribution in [0.15, 0.2) is 205 Å². The smallest absolute Gasteiger partial charge is 0.235 e. The van der Waals surface area contributed by atoms with Crippen molar-refractivity contribution in [3.8, 4) is 50.6 Å². The van der Waals surface area contributed by atoms with Crippen molar-refractivity contribution in [1.82, 2.24) is 14.5 Å². The SMILES string of the molecule is c1ccc(-c2nc(-n3c4ccc(-c5cccc6c5oc5ccccc56)cc4c4cccc(-c5cccc(-c6cccc7c6sc6ccccc67)c5)c43)nc3ccccc23)cc1. The minimum absolute atomic E-state index is 0.628. The molecule has 13 rings (SSSR count). The van der Waals surface area contributed by atoms with Crippen LogP contribution in [0.25, 0.3) is 125 Å². The predicted molar refractivity (Wildman–Crippen MR) is 256 cm³/mol. The highest BCUT2D eigenvalue weighted by molar-refractivity contribution is 7.26. The maximum atomic E-state index is 6.55. The molecule has 0 atom stereocenters. The number of para-hydroxylation sites is 4. The third-order valence-electron chi connectivity index (χ3n) is 12.2. The number of furan rings is 1. The largest absolute Gasteiger partial charge is 0.455 e. The van der Waals surface area contributed by atoms with Crippen LogP contribution in [0.2, 0.25) is 0 Å². The van der Waals surface area contributed by atoms with E-state index >= 15 is 0 Å². The summed E-state index contributed by atoms with van der Waals surface area (Å²) >= 11 is 1.86. The second-order valence-corrected chi connectivity index (χ2v) is 16.7. The molecule has 0 aliphatic carbocycles. The van der Waals surface area contributed by atoms with Crippen LogP contribution in [0.5, 0.6) is 0 Å². The molecule has 0 amide bonds. The van der Waals surface area contributed by atoms with E-state index in [-0.39, 0.29) is 0 Å². The van der Waals surface area contributed by atoms with Gasteiger partial charge in [-0.2, -0.15) is 0 Å². The summed E-state index contributed by atoms with van der Waals surface area (Å²) in [5, 5.41) is 8.09. The number of nitrogens with zero attached hydrogens (tertiary/aromatic N) is 3. The van der Waals surface area contributed by atoms with Gasteiger partial charge in [-0.05, 0) is 58.7 Å². The topological polar surface area (TPSA) is 43.9 Å². The van der Waals surface area contributed by atoms with E-state index in [1.54, 1.807) is 0 Å². The normalized spacial score (nSPS) is 11.9. The van der Waals surface area contributed by atoms with Crippen molar-refractivity contribution in [2.75, 3.05) is 0 Å². The zero-order chi connectivity index (χ0) is 40.0. The zero-order valence-electron chi connectivity index (χ0n) is 32.7. The monoisotopic (exact) mass is 795 g/mol. The second kappa shape index (κ2) is 13.3. The van der Waals surface area contributed by atoms with E-state index in [2.05, 4.69) is 187 Å². The van der Waals surface area contributed by atoms with Gasteiger partial charge in [-0.15, -0.1) is 11.3 Å². The van der Waals surface area contributed by atoms with Gasteiger partial charge in [0.1, 0.15) is 11.2 Å². The molecule has 0 bridgehead atoms. The van der Waals surface area contributed by atoms with Gasteiger partial charge >= 0.3 is 0 Å². The molecule has 0 N–H and O–H groups in total. The lowest BCUT2D eigenvalue weighted by Gasteiger charge is -2.14. The summed E-state index contributed by atoms with van der Waals surface area (Å²) in [7, 11) is 0. The lowest BCUT2D eigenvalue weighted by molar-refractivity contribution is 0.670. The summed E-state index contributed by atoms with van der Waals surface area (Å²) in [5.41, 5.74) is 13.5. The lowest BCUT2D eigenvalue weighted by atomic mass is 9.96. The first kappa shape index (κ1) is 34.0. The molecule has 0 spiro atoms. The number of benzene rings is 9. The quantitative estimate of drug-likeness (QED) is 0.174. The van der Waals surface area contributed by atoms with E-state index in [0.717, 1.165) is 88.2 Å². The molecule has 4 nitrogen and oxygen atoms in total. The number of hydrogen-bond acceptors (Lipinski definition) is 4. The molecule has 4 aromatic heterocycles. The molecule has 0 saturated heterocycles. The number of thiophene rings is 1. The minimum Gasteiger partial charge on any atom is -0.455 e. The van der Waals surface area contributed by atoms with E-state index in [4.69, 9.17) is 14.4 Å². The van der Waals surface area contributed by atoms with Gasteiger partial charge in [-0.1, -0.05) is 164 Å². The summed E-state index contributed by atoms with van der Waals surface area (Å²) in [6.45, 7) is 0. The van der Waals surface area contributed by atoms with Gasteiger partial charge in [0.05, 0.1) is 22.2 Å². The molecule has 13 aromatic rings. The van der Waals surface area contributed by atoms with Crippen molar-refractivity contribution in [2.45, 2.75) is 0 Å². The van der Waals surface area contributed by atoms with Crippen molar-refractivity contribution in [3.05, 3.63) is 200 Å². The van der Waals surface area contributed by atoms with E-state index in [0.29, 0.717) is 5.95 Å². The Morgan fingerprint density at radius 3 is 1.93 bits per heavy atom. The number of rotatable bonds is 5. The lowest BCUT2D eigenvalue weighted by Crippen LogP contribution is -2.04. The second-order valence-electron chi connectivity index (χ2n) is 15.7. The molecule has 0 radical (unpaired) electrons. The molecule has 0 aliphatic rings. The summed E-state index contributed by atoms with van der Waals surface area (Å²) in [4.78, 5) is 10.8. The Morgan fingerprint density at radius 2 is 1.05 bits per heavy atom. The Kier molecular flexibility index (Phi) is 7.44. The molecule has 9 aromatic carbocycles. The first-order valence-corrected chi connectivity index (χ1v) is 21.4. The van der Waals surface area contributed by atoms with E-state index in [1.807, 2.05) is 29.5 Å². The van der Waals surface area contributed by atoms with Gasteiger partial charge in [0.25, 0.3) is 0 Å². The Balaban J connectivity index is 1.08. The molecule has 4 heterocycles. The van der Waals surface area contributed by atoms with Gasteiger partial charge in [0.2, 0.25) is 5.95 Å². The van der Waals surface area contributed by atoms with Crippen molar-refractivity contribution in [2.24, 2.45) is 0 Å². The Hall–Kier alpha value is -7.86. The van der Waals surface area contributed by atoms with Crippen LogP contribution < -0.4 is 0 Å². The molecule has 0 fully saturated rings. The highest BCUT2D eigenvalue weighted by Gasteiger charge is 2.22. The molecule has 284 valence electrons. The van der Waals surface area contributed by atoms with Crippen molar-refractivity contribution >= 4 is 86.2 Å². The first-order valence-electron chi connectivity index (χ1n) is 20.6. The van der Waals surface area contributed by atoms with Gasteiger partial charge in [0.15, 0.2) is 0 Å². The maximum Gasteiger partial charge on any atom is 0.235 e. The van der Waals surface area contributed by atoms with E-state index in [1.165, 1.54) is 31.3 Å². The Morgan fingerprint density at radius 1 is 0.410 bits per heavy atom. The van der Waals surface area contributed by atoms with Crippen molar-refractivity contribution < 1.29 is 4.42 Å². The van der Waals surface area contributed by atoms with E-state index < -0.39 is 0 Å². The van der Waals surface area contributed by atoms with Crippen molar-refractivity contribution in [1.29, 1.82) is 0 Å². The summed E-state index contributed by atoms with van der Waals surface area (Å²) < 4.78 is 11.4. The van der Waals surface area contributed by atoms with Gasteiger partial charge in [-0.3, -0.25) is 4.57 Å². The van der Waals surface area contributed by atoms with Gasteiger partial charge in [0, 0.05) is 63.8 Å². The number of fused-ring (bicyclic) bond motifs is 10. The molecular weight excluding hydrogens is 763 g/mol. The molecule has 61 heavy (non-hydrogen) atoms. The first-order chi connectivity index (χ1) is 30.2. The summed E-state index contributed by atoms with van der Waals surface area (Å²) in [5.74, 6) is 0.628. The molecule has 0 saturated carbocycles. The van der Waals surface area contributed by atoms with E-state index in [9.17, 15) is 0 Å². The van der Waals surface area contributed by atoms with Crippen LogP contribution in [-0.2, 0) is 0 Å². The van der Waals surface area contributed by atoms with Crippen molar-refractivity contribution in [3.63, 3.8) is 0 Å². The Labute approximate surface area is 354 Å². The molecule has 0 unspecified atom stereocenters. The minimum atomic E-state index is 0.628. The fourth-order valence-corrected chi connectivity index (χ4v) is 10.7. The fourth-order valence-electron chi connectivity index (χ4n) is 9.46. The summed E-state index contributed by atoms with van der Waals surface area (Å²) in [6, 6.07) is 71.3. The molecule has 0 aliphatic heterocycles. The molecule has 5 heteroatoms. The predicted octanol–water partition coefficient (Wildman–Crippen LogP) is 15.7. The van der Waals surface area contributed by atoms with Crippen LogP contribution in [0.1, 0.15) is 0 Å². The number of aromatic nitrogens is 3.